The predicted octanol–water partition coefficient (Wildman–Crippen LogP) is 3.33. The molecule has 0 spiro atoms. The van der Waals surface area contributed by atoms with Gasteiger partial charge in [-0.3, -0.25) is 4.72 Å². The Balaban J connectivity index is 1.88. The van der Waals surface area contributed by atoms with Crippen molar-refractivity contribution < 1.29 is 22.7 Å². The van der Waals surface area contributed by atoms with Crippen LogP contribution in [0.3, 0.4) is 0 Å². The van der Waals surface area contributed by atoms with Crippen LogP contribution in [0.1, 0.15) is 43.5 Å². The molecular weight excluding hydrogens is 404 g/mol. The van der Waals surface area contributed by atoms with Crippen LogP contribution in [0.25, 0.3) is 0 Å². The minimum Gasteiger partial charge on any atom is -0.495 e. The Morgan fingerprint density at radius 2 is 1.90 bits per heavy atom. The number of esters is 1. The van der Waals surface area contributed by atoms with Crippen LogP contribution in [-0.2, 0) is 26.0 Å². The lowest BCUT2D eigenvalue weighted by atomic mass is 9.93. The average Bonchev–Trinajstić information content (AvgIpc) is 2.65. The molecule has 1 heterocycles. The maximum absolute atomic E-state index is 13.0. The predicted molar refractivity (Wildman–Crippen MR) is 115 cm³/mol. The van der Waals surface area contributed by atoms with Gasteiger partial charge in [-0.25, -0.2) is 13.2 Å². The normalized spacial score (nSPS) is 16.5. The molecule has 0 saturated carbocycles. The van der Waals surface area contributed by atoms with Crippen LogP contribution < -0.4 is 14.8 Å². The highest BCUT2D eigenvalue weighted by Gasteiger charge is 2.30. The van der Waals surface area contributed by atoms with Gasteiger partial charge in [0.25, 0.3) is 10.0 Å². The van der Waals surface area contributed by atoms with E-state index in [9.17, 15) is 13.2 Å². The molecule has 2 N–H and O–H groups in total. The van der Waals surface area contributed by atoms with E-state index in [1.54, 1.807) is 36.4 Å². The van der Waals surface area contributed by atoms with Crippen LogP contribution in [0.5, 0.6) is 5.75 Å². The average molecular weight is 433 g/mol. The van der Waals surface area contributed by atoms with E-state index in [0.29, 0.717) is 18.7 Å². The topological polar surface area (TPSA) is 93.7 Å². The number of ether oxygens (including phenoxy) is 2. The van der Waals surface area contributed by atoms with Crippen LogP contribution in [0.15, 0.2) is 41.3 Å². The maximum atomic E-state index is 13.0. The molecule has 0 fully saturated rings. The van der Waals surface area contributed by atoms with Crippen molar-refractivity contribution in [2.24, 2.45) is 0 Å². The number of sulfonamides is 1. The minimum absolute atomic E-state index is 0.0796. The first-order valence-corrected chi connectivity index (χ1v) is 11.2. The summed E-state index contributed by atoms with van der Waals surface area (Å²) in [6.45, 7) is 7.89. The first-order chi connectivity index (χ1) is 14.0. The smallest absolute Gasteiger partial charge is 0.328 e. The summed E-state index contributed by atoms with van der Waals surface area (Å²) in [5.74, 6) is -0.0680. The van der Waals surface area contributed by atoms with Gasteiger partial charge in [0, 0.05) is 12.2 Å². The van der Waals surface area contributed by atoms with Gasteiger partial charge in [0.05, 0.1) is 7.11 Å². The van der Waals surface area contributed by atoms with Gasteiger partial charge in [0.15, 0.2) is 0 Å². The van der Waals surface area contributed by atoms with Gasteiger partial charge in [-0.05, 0) is 75.1 Å². The SMILES string of the molecule is COc1ccc(C)cc1S(=O)(=O)Nc1ccc2c(c1)CCNC2C(=O)OC(C)(C)C. The van der Waals surface area contributed by atoms with E-state index in [1.165, 1.54) is 7.11 Å². The molecule has 2 aromatic rings. The third-order valence-corrected chi connectivity index (χ3v) is 6.10. The third kappa shape index (κ3) is 4.94. The van der Waals surface area contributed by atoms with Crippen molar-refractivity contribution >= 4 is 21.7 Å². The molecule has 0 bridgehead atoms. The number of methoxy groups -OCH3 is 1. The van der Waals surface area contributed by atoms with Gasteiger partial charge in [-0.15, -0.1) is 0 Å². The summed E-state index contributed by atoms with van der Waals surface area (Å²) >= 11 is 0. The number of carbonyl (C=O) groups excluding carboxylic acids is 1. The van der Waals surface area contributed by atoms with Gasteiger partial charge >= 0.3 is 5.97 Å². The molecule has 7 nitrogen and oxygen atoms in total. The number of nitrogens with one attached hydrogen (secondary N) is 2. The second-order valence-electron chi connectivity index (χ2n) is 8.34. The zero-order valence-corrected chi connectivity index (χ0v) is 18.7. The van der Waals surface area contributed by atoms with Crippen LogP contribution in [0, 0.1) is 6.92 Å². The van der Waals surface area contributed by atoms with Crippen LogP contribution in [-0.4, -0.2) is 33.6 Å². The Kier molecular flexibility index (Phi) is 6.10. The summed E-state index contributed by atoms with van der Waals surface area (Å²) in [5.41, 5.74) is 2.36. The fourth-order valence-corrected chi connectivity index (χ4v) is 4.71. The molecule has 1 atom stereocenters. The molecule has 162 valence electrons. The maximum Gasteiger partial charge on any atom is 0.328 e. The number of benzene rings is 2. The molecule has 0 amide bonds. The summed E-state index contributed by atoms with van der Waals surface area (Å²) in [6.07, 6.45) is 0.679. The molecule has 0 aromatic heterocycles. The Morgan fingerprint density at radius 3 is 2.57 bits per heavy atom. The van der Waals surface area contributed by atoms with E-state index in [2.05, 4.69) is 10.0 Å². The monoisotopic (exact) mass is 432 g/mol. The van der Waals surface area contributed by atoms with Crippen molar-refractivity contribution in [2.75, 3.05) is 18.4 Å². The number of fused-ring (bicyclic) bond motifs is 1. The Labute approximate surface area is 177 Å². The Morgan fingerprint density at radius 1 is 1.17 bits per heavy atom. The zero-order valence-electron chi connectivity index (χ0n) is 17.9. The van der Waals surface area contributed by atoms with E-state index < -0.39 is 21.7 Å². The van der Waals surface area contributed by atoms with Crippen molar-refractivity contribution in [2.45, 2.75) is 50.7 Å². The second-order valence-corrected chi connectivity index (χ2v) is 9.99. The summed E-state index contributed by atoms with van der Waals surface area (Å²) in [5, 5.41) is 3.18. The molecule has 2 aromatic carbocycles. The summed E-state index contributed by atoms with van der Waals surface area (Å²) in [4.78, 5) is 12.6. The van der Waals surface area contributed by atoms with Gasteiger partial charge in [0.2, 0.25) is 0 Å². The highest BCUT2D eigenvalue weighted by atomic mass is 32.2. The molecule has 1 aliphatic rings. The number of hydrogen-bond acceptors (Lipinski definition) is 6. The first kappa shape index (κ1) is 22.1. The van der Waals surface area contributed by atoms with E-state index in [1.807, 2.05) is 27.7 Å². The fourth-order valence-electron chi connectivity index (χ4n) is 3.40. The fraction of sp³-hybridized carbons (Fsp3) is 0.409. The zero-order chi connectivity index (χ0) is 22.1. The largest absolute Gasteiger partial charge is 0.495 e. The highest BCUT2D eigenvalue weighted by Crippen LogP contribution is 2.31. The molecule has 3 rings (SSSR count). The van der Waals surface area contributed by atoms with Crippen LogP contribution >= 0.6 is 0 Å². The second kappa shape index (κ2) is 8.28. The number of rotatable bonds is 5. The van der Waals surface area contributed by atoms with E-state index in [0.717, 1.165) is 16.7 Å². The van der Waals surface area contributed by atoms with E-state index in [4.69, 9.17) is 9.47 Å². The van der Waals surface area contributed by atoms with E-state index >= 15 is 0 Å². The molecule has 0 aliphatic carbocycles. The lowest BCUT2D eigenvalue weighted by Gasteiger charge is -2.29. The van der Waals surface area contributed by atoms with Crippen molar-refractivity contribution in [3.05, 3.63) is 53.1 Å². The quantitative estimate of drug-likeness (QED) is 0.704. The van der Waals surface area contributed by atoms with Gasteiger partial charge in [-0.1, -0.05) is 12.1 Å². The van der Waals surface area contributed by atoms with Crippen molar-refractivity contribution in [3.8, 4) is 5.75 Å². The molecule has 1 unspecified atom stereocenters. The molecular formula is C22H28N2O5S. The number of aryl methyl sites for hydroxylation is 1. The molecule has 0 saturated heterocycles. The third-order valence-electron chi connectivity index (χ3n) is 4.70. The minimum atomic E-state index is -3.84. The van der Waals surface area contributed by atoms with Gasteiger partial charge < -0.3 is 14.8 Å². The number of anilines is 1. The molecule has 1 aliphatic heterocycles. The number of carbonyl (C=O) groups is 1. The molecule has 8 heteroatoms. The van der Waals surface area contributed by atoms with Crippen molar-refractivity contribution in [1.82, 2.24) is 5.32 Å². The summed E-state index contributed by atoms with van der Waals surface area (Å²) < 4.78 is 39.3. The standard InChI is InChI=1S/C22H28N2O5S/c1-14-6-9-18(28-5)19(12-14)30(26,27)24-16-7-8-17-15(13-16)10-11-23-20(17)21(25)29-22(2,3)4/h6-9,12-13,20,23-24H,10-11H2,1-5H3. The summed E-state index contributed by atoms with van der Waals surface area (Å²) in [6, 6.07) is 9.62. The molecule has 0 radical (unpaired) electrons. The number of hydrogen-bond donors (Lipinski definition) is 2. The van der Waals surface area contributed by atoms with Crippen LogP contribution in [0.2, 0.25) is 0 Å². The van der Waals surface area contributed by atoms with Crippen molar-refractivity contribution in [1.29, 1.82) is 0 Å². The highest BCUT2D eigenvalue weighted by molar-refractivity contribution is 7.92. The van der Waals surface area contributed by atoms with Gasteiger partial charge in [0.1, 0.15) is 22.3 Å². The van der Waals surface area contributed by atoms with Crippen LogP contribution in [0.4, 0.5) is 5.69 Å². The first-order valence-electron chi connectivity index (χ1n) is 9.77. The van der Waals surface area contributed by atoms with Gasteiger partial charge in [-0.2, -0.15) is 0 Å². The van der Waals surface area contributed by atoms with Crippen molar-refractivity contribution in [3.63, 3.8) is 0 Å². The Bertz CT molecular complexity index is 1060. The molecule has 30 heavy (non-hydrogen) atoms. The van der Waals surface area contributed by atoms with E-state index in [-0.39, 0.29) is 16.6 Å². The lowest BCUT2D eigenvalue weighted by molar-refractivity contribution is -0.157. The Hall–Kier alpha value is -2.58. The lowest BCUT2D eigenvalue weighted by Crippen LogP contribution is -2.39. The summed E-state index contributed by atoms with van der Waals surface area (Å²) in [7, 11) is -2.40.